The Balaban J connectivity index is 3.94. The summed E-state index contributed by atoms with van der Waals surface area (Å²) in [5.74, 6) is 0. The van der Waals surface area contributed by atoms with E-state index in [2.05, 4.69) is 17.0 Å². The first-order chi connectivity index (χ1) is 7.56. The van der Waals surface area contributed by atoms with Crippen LogP contribution in [0.25, 0.3) is 0 Å². The van der Waals surface area contributed by atoms with Gasteiger partial charge in [-0.3, -0.25) is 0 Å². The first kappa shape index (κ1) is 16.6. The zero-order valence-corrected chi connectivity index (χ0v) is 10.6. The molecule has 0 aromatic carbocycles. The van der Waals surface area contributed by atoms with E-state index >= 15 is 0 Å². The molecule has 102 valence electrons. The van der Waals surface area contributed by atoms with Crippen molar-refractivity contribution < 1.29 is 26.3 Å². The number of nitrogens with two attached hydrogens (primary N) is 1. The van der Waals surface area contributed by atoms with E-state index in [1.54, 1.807) is 0 Å². The molecule has 3 N–H and O–H groups in total. The number of thiocarbonyl (C=S) groups is 1. The second-order valence-electron chi connectivity index (χ2n) is 3.15. The first-order valence-corrected chi connectivity index (χ1v) is 6.44. The van der Waals surface area contributed by atoms with Gasteiger partial charge in [0.1, 0.15) is 11.9 Å². The van der Waals surface area contributed by atoms with Gasteiger partial charge in [0.2, 0.25) is 10.0 Å². The molecule has 0 aliphatic heterocycles. The Morgan fingerprint density at radius 2 is 2.06 bits per heavy atom. The molecule has 0 radical (unpaired) electrons. The average Bonchev–Trinajstić information content (AvgIpc) is 2.13. The Labute approximate surface area is 103 Å². The lowest BCUT2D eigenvalue weighted by atomic mass is 10.5. The van der Waals surface area contributed by atoms with Gasteiger partial charge in [0.05, 0.1) is 11.6 Å². The summed E-state index contributed by atoms with van der Waals surface area (Å²) in [6, 6.07) is 0. The number of hydrogen-bond donors (Lipinski definition) is 2. The molecule has 0 rings (SSSR count). The van der Waals surface area contributed by atoms with Gasteiger partial charge in [0.15, 0.2) is 0 Å². The number of nitrogens with one attached hydrogen (secondary N) is 1. The van der Waals surface area contributed by atoms with E-state index in [-0.39, 0.29) is 18.1 Å². The number of sulfonamides is 1. The summed E-state index contributed by atoms with van der Waals surface area (Å²) in [4.78, 5) is -0.214. The number of halogens is 3. The third kappa shape index (κ3) is 7.47. The number of ether oxygens (including phenoxy) is 1. The fourth-order valence-electron chi connectivity index (χ4n) is 0.722. The van der Waals surface area contributed by atoms with Gasteiger partial charge in [-0.25, -0.2) is 13.1 Å². The minimum atomic E-state index is -4.43. The van der Waals surface area contributed by atoms with Crippen LogP contribution in [0.1, 0.15) is 6.92 Å². The van der Waals surface area contributed by atoms with Crippen molar-refractivity contribution in [1.82, 2.24) is 4.72 Å². The van der Waals surface area contributed by atoms with Gasteiger partial charge < -0.3 is 10.5 Å². The van der Waals surface area contributed by atoms with Crippen molar-refractivity contribution in [2.75, 3.05) is 19.8 Å². The quantitative estimate of drug-likeness (QED) is 0.516. The molecule has 10 heteroatoms. The van der Waals surface area contributed by atoms with Crippen LogP contribution in [-0.4, -0.2) is 44.6 Å². The van der Waals surface area contributed by atoms with Gasteiger partial charge >= 0.3 is 6.18 Å². The Morgan fingerprint density at radius 3 is 2.47 bits per heavy atom. The molecule has 0 saturated heterocycles. The molecule has 0 spiro atoms. The highest BCUT2D eigenvalue weighted by Gasteiger charge is 2.27. The highest BCUT2D eigenvalue weighted by atomic mass is 32.2. The van der Waals surface area contributed by atoms with Crippen molar-refractivity contribution in [3.8, 4) is 0 Å². The summed E-state index contributed by atoms with van der Waals surface area (Å²) < 4.78 is 64.0. The highest BCUT2D eigenvalue weighted by molar-refractivity contribution is 7.93. The molecule has 0 aromatic rings. The van der Waals surface area contributed by atoms with Crippen molar-refractivity contribution >= 4 is 27.2 Å². The number of hydrogen-bond acceptors (Lipinski definition) is 4. The highest BCUT2D eigenvalue weighted by Crippen LogP contribution is 2.13. The van der Waals surface area contributed by atoms with E-state index in [1.165, 1.54) is 6.92 Å². The SMILES string of the molecule is CC(C(N)=S)S(=O)(=O)NCCOCC(F)(F)F. The lowest BCUT2D eigenvalue weighted by Crippen LogP contribution is -2.41. The normalized spacial score (nSPS) is 14.6. The third-order valence-corrected chi connectivity index (χ3v) is 3.98. The lowest BCUT2D eigenvalue weighted by Gasteiger charge is -2.12. The number of rotatable bonds is 7. The fourth-order valence-corrected chi connectivity index (χ4v) is 2.03. The zero-order valence-electron chi connectivity index (χ0n) is 8.95. The topological polar surface area (TPSA) is 81.4 Å². The predicted molar refractivity (Wildman–Crippen MR) is 60.0 cm³/mol. The molecule has 5 nitrogen and oxygen atoms in total. The van der Waals surface area contributed by atoms with Crippen LogP contribution in [0.2, 0.25) is 0 Å². The lowest BCUT2D eigenvalue weighted by molar-refractivity contribution is -0.173. The van der Waals surface area contributed by atoms with Crippen LogP contribution >= 0.6 is 12.2 Å². The van der Waals surface area contributed by atoms with Crippen LogP contribution in [0, 0.1) is 0 Å². The monoisotopic (exact) mass is 294 g/mol. The molecule has 0 aromatic heterocycles. The molecule has 1 unspecified atom stereocenters. The van der Waals surface area contributed by atoms with Crippen LogP contribution in [0.15, 0.2) is 0 Å². The van der Waals surface area contributed by atoms with E-state index in [0.717, 1.165) is 0 Å². The van der Waals surface area contributed by atoms with Crippen molar-refractivity contribution in [1.29, 1.82) is 0 Å². The van der Waals surface area contributed by atoms with Crippen molar-refractivity contribution in [2.24, 2.45) is 5.73 Å². The molecule has 0 bridgehead atoms. The Morgan fingerprint density at radius 1 is 1.53 bits per heavy atom. The van der Waals surface area contributed by atoms with Gasteiger partial charge in [-0.05, 0) is 6.92 Å². The fraction of sp³-hybridized carbons (Fsp3) is 0.857. The summed E-state index contributed by atoms with van der Waals surface area (Å²) in [7, 11) is -3.75. The first-order valence-electron chi connectivity index (χ1n) is 4.48. The molecule has 0 heterocycles. The van der Waals surface area contributed by atoms with Crippen LogP contribution in [0.3, 0.4) is 0 Å². The molecule has 0 amide bonds. The van der Waals surface area contributed by atoms with Gasteiger partial charge in [-0.2, -0.15) is 13.2 Å². The molecular formula is C7H13F3N2O3S2. The maximum Gasteiger partial charge on any atom is 0.411 e. The van der Waals surface area contributed by atoms with Gasteiger partial charge in [0.25, 0.3) is 0 Å². The molecule has 0 aliphatic carbocycles. The van der Waals surface area contributed by atoms with Crippen LogP contribution in [-0.2, 0) is 14.8 Å². The second-order valence-corrected chi connectivity index (χ2v) is 5.71. The van der Waals surface area contributed by atoms with Crippen LogP contribution in [0.5, 0.6) is 0 Å². The summed E-state index contributed by atoms with van der Waals surface area (Å²) in [5, 5.41) is -1.08. The largest absolute Gasteiger partial charge is 0.411 e. The van der Waals surface area contributed by atoms with Crippen molar-refractivity contribution in [3.63, 3.8) is 0 Å². The molecule has 0 saturated carbocycles. The molecule has 17 heavy (non-hydrogen) atoms. The van der Waals surface area contributed by atoms with Crippen molar-refractivity contribution in [2.45, 2.75) is 18.3 Å². The van der Waals surface area contributed by atoms with Gasteiger partial charge in [0, 0.05) is 6.54 Å². The Kier molecular flexibility index (Phi) is 6.30. The number of alkyl halides is 3. The smallest absolute Gasteiger partial charge is 0.392 e. The van der Waals surface area contributed by atoms with E-state index in [4.69, 9.17) is 5.73 Å². The van der Waals surface area contributed by atoms with Gasteiger partial charge in [-0.1, -0.05) is 12.2 Å². The predicted octanol–water partition coefficient (Wildman–Crippen LogP) is 0.159. The molecule has 0 aliphatic rings. The van der Waals surface area contributed by atoms with Crippen molar-refractivity contribution in [3.05, 3.63) is 0 Å². The van der Waals surface area contributed by atoms with E-state index in [9.17, 15) is 21.6 Å². The van der Waals surface area contributed by atoms with Crippen LogP contribution in [0.4, 0.5) is 13.2 Å². The molecular weight excluding hydrogens is 281 g/mol. The minimum absolute atomic E-state index is 0.214. The summed E-state index contributed by atoms with van der Waals surface area (Å²) in [5.41, 5.74) is 5.14. The minimum Gasteiger partial charge on any atom is -0.392 e. The van der Waals surface area contributed by atoms with E-state index in [0.29, 0.717) is 0 Å². The Bertz CT molecular complexity index is 356. The third-order valence-electron chi connectivity index (χ3n) is 1.68. The van der Waals surface area contributed by atoms with Crippen LogP contribution < -0.4 is 10.5 Å². The maximum atomic E-state index is 11.7. The summed E-state index contributed by atoms with van der Waals surface area (Å²) in [6.45, 7) is -0.797. The molecule has 0 fully saturated rings. The molecule has 1 atom stereocenters. The maximum absolute atomic E-state index is 11.7. The Hall–Kier alpha value is -0.450. The van der Waals surface area contributed by atoms with E-state index in [1.807, 2.05) is 4.72 Å². The van der Waals surface area contributed by atoms with E-state index < -0.39 is 28.1 Å². The zero-order chi connectivity index (χ0) is 13.7. The standard InChI is InChI=1S/C7H13F3N2O3S2/c1-5(6(11)16)17(13,14)12-2-3-15-4-7(8,9)10/h5,12H,2-4H2,1H3,(H2,11,16). The second kappa shape index (κ2) is 6.47. The average molecular weight is 294 g/mol. The summed E-state index contributed by atoms with van der Waals surface area (Å²) in [6.07, 6.45) is -4.43. The summed E-state index contributed by atoms with van der Waals surface area (Å²) >= 11 is 4.50. The van der Waals surface area contributed by atoms with Gasteiger partial charge in [-0.15, -0.1) is 0 Å².